The van der Waals surface area contributed by atoms with Gasteiger partial charge in [-0.1, -0.05) is 12.1 Å². The number of hydrogen-bond acceptors (Lipinski definition) is 5. The van der Waals surface area contributed by atoms with Crippen LogP contribution in [0.1, 0.15) is 11.7 Å². The summed E-state index contributed by atoms with van der Waals surface area (Å²) in [6.07, 6.45) is -0.200. The number of carbonyl (C=O) groups excluding carboxylic acids is 1. The molecule has 114 valence electrons. The first kappa shape index (κ1) is 14.3. The van der Waals surface area contributed by atoms with E-state index in [9.17, 15) is 4.79 Å². The zero-order chi connectivity index (χ0) is 14.7. The largest absolute Gasteiger partial charge is 0.497 e. The Labute approximate surface area is 124 Å². The van der Waals surface area contributed by atoms with Crippen LogP contribution in [-0.4, -0.2) is 56.9 Å². The monoisotopic (exact) mass is 292 g/mol. The minimum Gasteiger partial charge on any atom is -0.497 e. The number of nitrogens with zero attached hydrogens (tertiary/aromatic N) is 1. The molecular formula is C15H20N2O4. The van der Waals surface area contributed by atoms with E-state index in [4.69, 9.17) is 14.2 Å². The molecule has 6 nitrogen and oxygen atoms in total. The maximum atomic E-state index is 12.1. The van der Waals surface area contributed by atoms with Crippen molar-refractivity contribution in [2.24, 2.45) is 0 Å². The SMILES string of the molecule is COc1cccc(C2NCC(=O)N2CC2COCCO2)c1. The summed E-state index contributed by atoms with van der Waals surface area (Å²) in [5.74, 6) is 0.864. The normalized spacial score (nSPS) is 26.1. The Morgan fingerprint density at radius 1 is 1.43 bits per heavy atom. The van der Waals surface area contributed by atoms with Gasteiger partial charge in [0.1, 0.15) is 11.9 Å². The summed E-state index contributed by atoms with van der Waals surface area (Å²) in [6, 6.07) is 7.76. The molecule has 2 aliphatic heterocycles. The Hall–Kier alpha value is -1.63. The molecule has 2 atom stereocenters. The van der Waals surface area contributed by atoms with Crippen molar-refractivity contribution >= 4 is 5.91 Å². The van der Waals surface area contributed by atoms with Gasteiger partial charge in [0.2, 0.25) is 5.91 Å². The van der Waals surface area contributed by atoms with Crippen molar-refractivity contribution in [1.29, 1.82) is 0 Å². The molecule has 2 saturated heterocycles. The van der Waals surface area contributed by atoms with Crippen molar-refractivity contribution in [1.82, 2.24) is 10.2 Å². The van der Waals surface area contributed by atoms with E-state index < -0.39 is 0 Å². The van der Waals surface area contributed by atoms with Crippen LogP contribution in [0.2, 0.25) is 0 Å². The fourth-order valence-electron chi connectivity index (χ4n) is 2.72. The fraction of sp³-hybridized carbons (Fsp3) is 0.533. The molecule has 1 N–H and O–H groups in total. The van der Waals surface area contributed by atoms with Gasteiger partial charge in [0.05, 0.1) is 46.1 Å². The third-order valence-electron chi connectivity index (χ3n) is 3.77. The zero-order valence-corrected chi connectivity index (χ0v) is 12.1. The molecular weight excluding hydrogens is 272 g/mol. The van der Waals surface area contributed by atoms with Gasteiger partial charge in [0.25, 0.3) is 0 Å². The molecule has 1 aromatic rings. The molecule has 0 radical (unpaired) electrons. The van der Waals surface area contributed by atoms with E-state index in [-0.39, 0.29) is 18.2 Å². The van der Waals surface area contributed by atoms with Gasteiger partial charge in [-0.2, -0.15) is 0 Å². The van der Waals surface area contributed by atoms with Gasteiger partial charge in [0.15, 0.2) is 0 Å². The second-order valence-electron chi connectivity index (χ2n) is 5.17. The highest BCUT2D eigenvalue weighted by Gasteiger charge is 2.34. The molecule has 0 bridgehead atoms. The van der Waals surface area contributed by atoms with Crippen molar-refractivity contribution < 1.29 is 19.0 Å². The lowest BCUT2D eigenvalue weighted by Crippen LogP contribution is -2.42. The number of benzene rings is 1. The van der Waals surface area contributed by atoms with E-state index in [0.29, 0.717) is 32.9 Å². The lowest BCUT2D eigenvalue weighted by atomic mass is 10.1. The fourth-order valence-corrected chi connectivity index (χ4v) is 2.72. The van der Waals surface area contributed by atoms with Crippen LogP contribution in [0.25, 0.3) is 0 Å². The lowest BCUT2D eigenvalue weighted by Gasteiger charge is -2.31. The Balaban J connectivity index is 1.74. The summed E-state index contributed by atoms with van der Waals surface area (Å²) < 4.78 is 16.3. The van der Waals surface area contributed by atoms with Crippen LogP contribution >= 0.6 is 0 Å². The second-order valence-corrected chi connectivity index (χ2v) is 5.17. The van der Waals surface area contributed by atoms with Crippen molar-refractivity contribution in [2.75, 3.05) is 40.0 Å². The Bertz CT molecular complexity index is 502. The summed E-state index contributed by atoms with van der Waals surface area (Å²) >= 11 is 0. The molecule has 2 aliphatic rings. The highest BCUT2D eigenvalue weighted by Crippen LogP contribution is 2.26. The number of amides is 1. The molecule has 1 aromatic carbocycles. The molecule has 0 aliphatic carbocycles. The summed E-state index contributed by atoms with van der Waals surface area (Å²) in [5.41, 5.74) is 1.01. The van der Waals surface area contributed by atoms with Gasteiger partial charge in [-0.05, 0) is 17.7 Å². The van der Waals surface area contributed by atoms with E-state index in [1.165, 1.54) is 0 Å². The Morgan fingerprint density at radius 3 is 3.10 bits per heavy atom. The Kier molecular flexibility index (Phi) is 4.38. The van der Waals surface area contributed by atoms with Crippen LogP contribution in [0, 0.1) is 0 Å². The minimum atomic E-state index is -0.141. The molecule has 6 heteroatoms. The third kappa shape index (κ3) is 3.18. The van der Waals surface area contributed by atoms with Gasteiger partial charge in [-0.25, -0.2) is 0 Å². The van der Waals surface area contributed by atoms with Gasteiger partial charge in [-0.3, -0.25) is 10.1 Å². The molecule has 21 heavy (non-hydrogen) atoms. The van der Waals surface area contributed by atoms with Gasteiger partial charge in [0, 0.05) is 0 Å². The summed E-state index contributed by atoms with van der Waals surface area (Å²) in [4.78, 5) is 13.9. The molecule has 0 aromatic heterocycles. The van der Waals surface area contributed by atoms with Crippen molar-refractivity contribution in [3.63, 3.8) is 0 Å². The van der Waals surface area contributed by atoms with E-state index in [1.807, 2.05) is 29.2 Å². The summed E-state index contributed by atoms with van der Waals surface area (Å²) in [6.45, 7) is 2.63. The minimum absolute atomic E-state index is 0.0595. The van der Waals surface area contributed by atoms with Crippen LogP contribution in [0.15, 0.2) is 24.3 Å². The standard InChI is InChI=1S/C15H20N2O4/c1-19-12-4-2-3-11(7-12)15-16-8-14(18)17(15)9-13-10-20-5-6-21-13/h2-4,7,13,15-16H,5-6,8-10H2,1H3. The maximum absolute atomic E-state index is 12.1. The van der Waals surface area contributed by atoms with Crippen molar-refractivity contribution in [3.05, 3.63) is 29.8 Å². The van der Waals surface area contributed by atoms with Gasteiger partial charge >= 0.3 is 0 Å². The molecule has 0 saturated carbocycles. The van der Waals surface area contributed by atoms with Gasteiger partial charge < -0.3 is 19.1 Å². The van der Waals surface area contributed by atoms with Crippen LogP contribution in [0.4, 0.5) is 0 Å². The first-order valence-electron chi connectivity index (χ1n) is 7.14. The van der Waals surface area contributed by atoms with Crippen LogP contribution in [0.3, 0.4) is 0 Å². The van der Waals surface area contributed by atoms with E-state index in [2.05, 4.69) is 5.32 Å². The van der Waals surface area contributed by atoms with Crippen LogP contribution < -0.4 is 10.1 Å². The highest BCUT2D eigenvalue weighted by atomic mass is 16.6. The zero-order valence-electron chi connectivity index (χ0n) is 12.1. The summed E-state index contributed by atoms with van der Waals surface area (Å²) in [5, 5.41) is 3.24. The quantitative estimate of drug-likeness (QED) is 0.878. The van der Waals surface area contributed by atoms with Crippen molar-refractivity contribution in [2.45, 2.75) is 12.3 Å². The Morgan fingerprint density at radius 2 is 2.33 bits per heavy atom. The average molecular weight is 292 g/mol. The molecule has 2 fully saturated rings. The molecule has 3 rings (SSSR count). The topological polar surface area (TPSA) is 60.0 Å². The third-order valence-corrected chi connectivity index (χ3v) is 3.77. The first-order chi connectivity index (χ1) is 10.3. The van der Waals surface area contributed by atoms with Crippen molar-refractivity contribution in [3.8, 4) is 5.75 Å². The number of ether oxygens (including phenoxy) is 3. The number of hydrogen-bond donors (Lipinski definition) is 1. The number of rotatable bonds is 4. The van der Waals surface area contributed by atoms with E-state index >= 15 is 0 Å². The van der Waals surface area contributed by atoms with Gasteiger partial charge in [-0.15, -0.1) is 0 Å². The highest BCUT2D eigenvalue weighted by molar-refractivity contribution is 5.81. The maximum Gasteiger partial charge on any atom is 0.238 e. The predicted octanol–water partition coefficient (Wildman–Crippen LogP) is 0.541. The van der Waals surface area contributed by atoms with E-state index in [1.54, 1.807) is 7.11 Å². The van der Waals surface area contributed by atoms with E-state index in [0.717, 1.165) is 11.3 Å². The first-order valence-corrected chi connectivity index (χ1v) is 7.14. The number of nitrogens with one attached hydrogen (secondary N) is 1. The predicted molar refractivity (Wildman–Crippen MR) is 76.0 cm³/mol. The molecule has 1 amide bonds. The van der Waals surface area contributed by atoms with Crippen LogP contribution in [-0.2, 0) is 14.3 Å². The second kappa shape index (κ2) is 6.43. The number of carbonyl (C=O) groups is 1. The molecule has 2 heterocycles. The summed E-state index contributed by atoms with van der Waals surface area (Å²) in [7, 11) is 1.64. The smallest absolute Gasteiger partial charge is 0.238 e. The molecule has 2 unspecified atom stereocenters. The van der Waals surface area contributed by atoms with Crippen LogP contribution in [0.5, 0.6) is 5.75 Å². The molecule has 0 spiro atoms. The average Bonchev–Trinajstić information content (AvgIpc) is 2.89. The lowest BCUT2D eigenvalue weighted by molar-refractivity contribution is -0.135. The number of methoxy groups -OCH3 is 1.